The number of rotatable bonds is 6. The second-order valence-corrected chi connectivity index (χ2v) is 8.04. The van der Waals surface area contributed by atoms with Crippen molar-refractivity contribution in [2.24, 2.45) is 11.8 Å². The lowest BCUT2D eigenvalue weighted by molar-refractivity contribution is -0.133. The van der Waals surface area contributed by atoms with Crippen molar-refractivity contribution < 1.29 is 14.6 Å². The molecule has 6 heteroatoms. The third kappa shape index (κ3) is 3.86. The third-order valence-electron chi connectivity index (χ3n) is 6.10. The highest BCUT2D eigenvalue weighted by molar-refractivity contribution is 5.81. The van der Waals surface area contributed by atoms with Crippen molar-refractivity contribution in [2.45, 2.75) is 56.7 Å². The van der Waals surface area contributed by atoms with Crippen molar-refractivity contribution in [1.29, 1.82) is 0 Å². The number of carbonyl (C=O) groups excluding carboxylic acids is 1. The maximum atomic E-state index is 12.2. The van der Waals surface area contributed by atoms with Gasteiger partial charge in [-0.3, -0.25) is 4.79 Å². The van der Waals surface area contributed by atoms with Gasteiger partial charge >= 0.3 is 0 Å². The van der Waals surface area contributed by atoms with Crippen LogP contribution in [0.25, 0.3) is 0 Å². The summed E-state index contributed by atoms with van der Waals surface area (Å²) in [6.07, 6.45) is 7.52. The molecule has 0 bridgehead atoms. The van der Waals surface area contributed by atoms with Crippen LogP contribution in [0.4, 0.5) is 0 Å². The van der Waals surface area contributed by atoms with E-state index in [4.69, 9.17) is 4.74 Å². The molecule has 4 rings (SSSR count). The number of carbonyl (C=O) groups is 1. The molecular weight excluding hydrogens is 330 g/mol. The minimum atomic E-state index is -0.173. The molecule has 0 aromatic carbocycles. The van der Waals surface area contributed by atoms with Crippen LogP contribution in [0, 0.1) is 11.8 Å². The molecular formula is C20H29N3O3. The standard InChI is InChI=1S/C20H29N3O3/c1-26-18-5-4-14(12-21-18)19(15-10-17(24)11-15)22-16-6-8-23(9-7-16)20(25)13-2-3-13/h4-5,12-13,15-17,19,22,24H,2-3,6-11H2,1H3/t15?,17?,19-/m1/s1. The number of likely N-dealkylation sites (tertiary alicyclic amines) is 1. The summed E-state index contributed by atoms with van der Waals surface area (Å²) < 4.78 is 5.17. The molecule has 0 spiro atoms. The van der Waals surface area contributed by atoms with E-state index in [9.17, 15) is 9.90 Å². The van der Waals surface area contributed by atoms with E-state index in [1.807, 2.05) is 17.2 Å². The summed E-state index contributed by atoms with van der Waals surface area (Å²) in [6, 6.07) is 4.58. The van der Waals surface area contributed by atoms with Crippen LogP contribution in [0.15, 0.2) is 18.3 Å². The normalized spacial score (nSPS) is 27.7. The minimum Gasteiger partial charge on any atom is -0.481 e. The molecule has 1 aromatic heterocycles. The van der Waals surface area contributed by atoms with Crippen molar-refractivity contribution in [3.8, 4) is 5.88 Å². The Labute approximate surface area is 154 Å². The first-order valence-electron chi connectivity index (χ1n) is 9.87. The number of aromatic nitrogens is 1. The van der Waals surface area contributed by atoms with Crippen molar-refractivity contribution in [3.63, 3.8) is 0 Å². The van der Waals surface area contributed by atoms with Gasteiger partial charge in [0.2, 0.25) is 11.8 Å². The molecule has 3 aliphatic rings. The Morgan fingerprint density at radius 3 is 2.54 bits per heavy atom. The summed E-state index contributed by atoms with van der Waals surface area (Å²) in [5.74, 6) is 1.73. The quantitative estimate of drug-likeness (QED) is 0.811. The number of aliphatic hydroxyl groups is 1. The molecule has 1 aliphatic heterocycles. The van der Waals surface area contributed by atoms with Gasteiger partial charge in [-0.1, -0.05) is 6.07 Å². The highest BCUT2D eigenvalue weighted by Gasteiger charge is 2.38. The summed E-state index contributed by atoms with van der Waals surface area (Å²) in [5.41, 5.74) is 1.15. The van der Waals surface area contributed by atoms with Gasteiger partial charge in [0.1, 0.15) is 0 Å². The number of nitrogens with one attached hydrogen (secondary N) is 1. The topological polar surface area (TPSA) is 74.7 Å². The number of methoxy groups -OCH3 is 1. The Morgan fingerprint density at radius 2 is 2.00 bits per heavy atom. The van der Waals surface area contributed by atoms with Gasteiger partial charge in [0, 0.05) is 43.4 Å². The average molecular weight is 359 g/mol. The molecule has 2 N–H and O–H groups in total. The van der Waals surface area contributed by atoms with E-state index in [0.29, 0.717) is 29.7 Å². The monoisotopic (exact) mass is 359 g/mol. The van der Waals surface area contributed by atoms with E-state index in [1.165, 1.54) is 0 Å². The van der Waals surface area contributed by atoms with E-state index in [0.717, 1.165) is 57.2 Å². The Balaban J connectivity index is 1.38. The van der Waals surface area contributed by atoms with Crippen LogP contribution >= 0.6 is 0 Å². The maximum Gasteiger partial charge on any atom is 0.225 e. The number of pyridine rings is 1. The van der Waals surface area contributed by atoms with Crippen molar-refractivity contribution in [3.05, 3.63) is 23.9 Å². The Bertz CT molecular complexity index is 618. The average Bonchev–Trinajstić information content (AvgIpc) is 3.49. The van der Waals surface area contributed by atoms with Crippen molar-refractivity contribution in [1.82, 2.24) is 15.2 Å². The lowest BCUT2D eigenvalue weighted by Gasteiger charge is -2.41. The summed E-state index contributed by atoms with van der Waals surface area (Å²) in [4.78, 5) is 18.6. The second-order valence-electron chi connectivity index (χ2n) is 8.04. The Hall–Kier alpha value is -1.66. The highest BCUT2D eigenvalue weighted by Crippen LogP contribution is 2.39. The van der Waals surface area contributed by atoms with Gasteiger partial charge in [-0.05, 0) is 50.0 Å². The van der Waals surface area contributed by atoms with Gasteiger partial charge in [0.15, 0.2) is 0 Å². The van der Waals surface area contributed by atoms with E-state index < -0.39 is 0 Å². The SMILES string of the molecule is COc1ccc([C@@H](NC2CCN(C(=O)C3CC3)CC2)C2CC(O)C2)cn1. The molecule has 142 valence electrons. The number of nitrogens with zero attached hydrogens (tertiary/aromatic N) is 2. The van der Waals surface area contributed by atoms with Gasteiger partial charge in [-0.25, -0.2) is 4.98 Å². The summed E-state index contributed by atoms with van der Waals surface area (Å²) in [5, 5.41) is 13.6. The van der Waals surface area contributed by atoms with Gasteiger partial charge < -0.3 is 20.1 Å². The molecule has 3 fully saturated rings. The molecule has 1 amide bonds. The first kappa shape index (κ1) is 17.7. The van der Waals surface area contributed by atoms with Gasteiger partial charge in [0.05, 0.1) is 13.2 Å². The van der Waals surface area contributed by atoms with E-state index in [2.05, 4.69) is 16.4 Å². The zero-order chi connectivity index (χ0) is 18.1. The number of piperidine rings is 1. The molecule has 1 saturated heterocycles. The number of aliphatic hydroxyl groups excluding tert-OH is 1. The molecule has 6 nitrogen and oxygen atoms in total. The minimum absolute atomic E-state index is 0.173. The number of hydrogen-bond acceptors (Lipinski definition) is 5. The Morgan fingerprint density at radius 1 is 1.27 bits per heavy atom. The largest absolute Gasteiger partial charge is 0.481 e. The smallest absolute Gasteiger partial charge is 0.225 e. The van der Waals surface area contributed by atoms with Crippen LogP contribution in [0.2, 0.25) is 0 Å². The van der Waals surface area contributed by atoms with Gasteiger partial charge in [-0.2, -0.15) is 0 Å². The van der Waals surface area contributed by atoms with Crippen LogP contribution in [0.1, 0.15) is 50.1 Å². The van der Waals surface area contributed by atoms with Crippen molar-refractivity contribution in [2.75, 3.05) is 20.2 Å². The lowest BCUT2D eigenvalue weighted by Crippen LogP contribution is -2.49. The molecule has 26 heavy (non-hydrogen) atoms. The lowest BCUT2D eigenvalue weighted by atomic mass is 9.75. The number of ether oxygens (including phenoxy) is 1. The molecule has 0 radical (unpaired) electrons. The van der Waals surface area contributed by atoms with Crippen molar-refractivity contribution >= 4 is 5.91 Å². The van der Waals surface area contributed by atoms with Crippen LogP contribution in [-0.4, -0.2) is 53.2 Å². The Kier molecular flexibility index (Phi) is 5.14. The van der Waals surface area contributed by atoms with Crippen LogP contribution < -0.4 is 10.1 Å². The predicted molar refractivity (Wildman–Crippen MR) is 97.7 cm³/mol. The zero-order valence-electron chi connectivity index (χ0n) is 15.4. The maximum absolute atomic E-state index is 12.2. The predicted octanol–water partition coefficient (Wildman–Crippen LogP) is 1.89. The van der Waals surface area contributed by atoms with E-state index in [1.54, 1.807) is 7.11 Å². The van der Waals surface area contributed by atoms with Gasteiger partial charge in [-0.15, -0.1) is 0 Å². The van der Waals surface area contributed by atoms with Crippen LogP contribution in [0.5, 0.6) is 5.88 Å². The second kappa shape index (κ2) is 7.53. The molecule has 1 aromatic rings. The van der Waals surface area contributed by atoms with Crippen LogP contribution in [-0.2, 0) is 4.79 Å². The molecule has 2 saturated carbocycles. The summed E-state index contributed by atoms with van der Waals surface area (Å²) in [7, 11) is 1.62. The van der Waals surface area contributed by atoms with Gasteiger partial charge in [0.25, 0.3) is 0 Å². The fourth-order valence-electron chi connectivity index (χ4n) is 4.21. The number of hydrogen-bond donors (Lipinski definition) is 2. The fraction of sp³-hybridized carbons (Fsp3) is 0.700. The summed E-state index contributed by atoms with van der Waals surface area (Å²) in [6.45, 7) is 1.71. The first-order chi connectivity index (χ1) is 12.6. The molecule has 2 heterocycles. The van der Waals surface area contributed by atoms with E-state index in [-0.39, 0.29) is 12.1 Å². The van der Waals surface area contributed by atoms with E-state index >= 15 is 0 Å². The molecule has 2 aliphatic carbocycles. The number of amides is 1. The highest BCUT2D eigenvalue weighted by atomic mass is 16.5. The third-order valence-corrected chi connectivity index (χ3v) is 6.10. The first-order valence-corrected chi connectivity index (χ1v) is 9.87. The molecule has 0 unspecified atom stereocenters. The zero-order valence-corrected chi connectivity index (χ0v) is 15.4. The fourth-order valence-corrected chi connectivity index (χ4v) is 4.21. The van der Waals surface area contributed by atoms with Crippen LogP contribution in [0.3, 0.4) is 0 Å². The summed E-state index contributed by atoms with van der Waals surface area (Å²) >= 11 is 0. The molecule has 1 atom stereocenters.